The van der Waals surface area contributed by atoms with Crippen LogP contribution in [0.2, 0.25) is 0 Å². The van der Waals surface area contributed by atoms with Crippen LogP contribution in [0.3, 0.4) is 0 Å². The van der Waals surface area contributed by atoms with Crippen LogP contribution >= 0.6 is 12.8 Å². The first-order chi connectivity index (χ1) is 10.2. The van der Waals surface area contributed by atoms with Gasteiger partial charge < -0.3 is 4.74 Å². The number of thiol groups is 1. The van der Waals surface area contributed by atoms with Gasteiger partial charge in [0.25, 0.3) is 0 Å². The number of nitrogens with zero attached hydrogens (tertiary/aromatic N) is 1. The summed E-state index contributed by atoms with van der Waals surface area (Å²) in [5, 5.41) is 0. The zero-order valence-electron chi connectivity index (χ0n) is 12.0. The SMILES string of the molecule is CN(S)CC[C@@H](Oc1ccccc1C=O)c1ccccc1. The zero-order valence-corrected chi connectivity index (χ0v) is 12.9. The van der Waals surface area contributed by atoms with Crippen molar-refractivity contribution >= 4 is 19.1 Å². The lowest BCUT2D eigenvalue weighted by molar-refractivity contribution is 0.111. The molecule has 0 unspecified atom stereocenters. The summed E-state index contributed by atoms with van der Waals surface area (Å²) in [7, 11) is 1.91. The van der Waals surface area contributed by atoms with E-state index in [2.05, 4.69) is 12.8 Å². The maximum atomic E-state index is 11.1. The molecular formula is C17H19NO2S. The van der Waals surface area contributed by atoms with Crippen LogP contribution in [0, 0.1) is 0 Å². The molecule has 0 aliphatic heterocycles. The van der Waals surface area contributed by atoms with Gasteiger partial charge >= 0.3 is 0 Å². The molecule has 0 aliphatic rings. The summed E-state index contributed by atoms with van der Waals surface area (Å²) >= 11 is 4.27. The molecule has 2 rings (SSSR count). The molecule has 0 spiro atoms. The fraction of sp³-hybridized carbons (Fsp3) is 0.235. The Kier molecular flexibility index (Phi) is 5.84. The summed E-state index contributed by atoms with van der Waals surface area (Å²) < 4.78 is 7.91. The molecule has 0 radical (unpaired) electrons. The van der Waals surface area contributed by atoms with Crippen molar-refractivity contribution in [1.82, 2.24) is 4.31 Å². The van der Waals surface area contributed by atoms with E-state index in [1.807, 2.05) is 59.9 Å². The first-order valence-corrected chi connectivity index (χ1v) is 7.26. The molecule has 0 amide bonds. The number of benzene rings is 2. The van der Waals surface area contributed by atoms with Crippen molar-refractivity contribution in [2.24, 2.45) is 0 Å². The Hall–Kier alpha value is -1.78. The van der Waals surface area contributed by atoms with Crippen LogP contribution in [-0.2, 0) is 0 Å². The molecule has 4 heteroatoms. The van der Waals surface area contributed by atoms with Crippen LogP contribution in [0.25, 0.3) is 0 Å². The molecule has 0 bridgehead atoms. The normalized spacial score (nSPS) is 12.1. The third kappa shape index (κ3) is 4.62. The molecule has 0 aliphatic carbocycles. The number of rotatable bonds is 7. The monoisotopic (exact) mass is 301 g/mol. The van der Waals surface area contributed by atoms with Crippen LogP contribution in [0.5, 0.6) is 5.75 Å². The van der Waals surface area contributed by atoms with Crippen molar-refractivity contribution in [1.29, 1.82) is 0 Å². The summed E-state index contributed by atoms with van der Waals surface area (Å²) in [5.74, 6) is 0.614. The van der Waals surface area contributed by atoms with Gasteiger partial charge in [-0.25, -0.2) is 0 Å². The fourth-order valence-corrected chi connectivity index (χ4v) is 2.22. The maximum absolute atomic E-state index is 11.1. The summed E-state index contributed by atoms with van der Waals surface area (Å²) in [4.78, 5) is 11.1. The van der Waals surface area contributed by atoms with Crippen LogP contribution in [0.1, 0.15) is 28.4 Å². The maximum Gasteiger partial charge on any atom is 0.153 e. The van der Waals surface area contributed by atoms with E-state index < -0.39 is 0 Å². The van der Waals surface area contributed by atoms with Crippen molar-refractivity contribution in [3.05, 3.63) is 65.7 Å². The highest BCUT2D eigenvalue weighted by Gasteiger charge is 2.15. The van der Waals surface area contributed by atoms with Crippen molar-refractivity contribution in [2.45, 2.75) is 12.5 Å². The minimum absolute atomic E-state index is 0.109. The second-order valence-electron chi connectivity index (χ2n) is 4.84. The lowest BCUT2D eigenvalue weighted by Gasteiger charge is -2.22. The Morgan fingerprint density at radius 1 is 1.14 bits per heavy atom. The van der Waals surface area contributed by atoms with Crippen molar-refractivity contribution in [3.8, 4) is 5.75 Å². The van der Waals surface area contributed by atoms with Crippen molar-refractivity contribution in [2.75, 3.05) is 13.6 Å². The zero-order chi connectivity index (χ0) is 15.1. The van der Waals surface area contributed by atoms with E-state index in [-0.39, 0.29) is 6.10 Å². The van der Waals surface area contributed by atoms with Crippen molar-refractivity contribution in [3.63, 3.8) is 0 Å². The topological polar surface area (TPSA) is 29.5 Å². The van der Waals surface area contributed by atoms with Gasteiger partial charge in [0.15, 0.2) is 6.29 Å². The summed E-state index contributed by atoms with van der Waals surface area (Å²) in [6.45, 7) is 0.784. The number of carbonyl (C=O) groups excluding carboxylic acids is 1. The van der Waals surface area contributed by atoms with Gasteiger partial charge in [-0.2, -0.15) is 0 Å². The predicted octanol–water partition coefficient (Wildman–Crippen LogP) is 3.79. The highest BCUT2D eigenvalue weighted by Crippen LogP contribution is 2.27. The molecule has 0 aromatic heterocycles. The Morgan fingerprint density at radius 2 is 1.81 bits per heavy atom. The van der Waals surface area contributed by atoms with Gasteiger partial charge in [-0.15, -0.1) is 0 Å². The van der Waals surface area contributed by atoms with Gasteiger partial charge in [0.1, 0.15) is 11.9 Å². The quantitative estimate of drug-likeness (QED) is 0.623. The fourth-order valence-electron chi connectivity index (χ4n) is 2.10. The van der Waals surface area contributed by atoms with Crippen LogP contribution in [-0.4, -0.2) is 24.2 Å². The highest BCUT2D eigenvalue weighted by molar-refractivity contribution is 7.77. The molecule has 0 N–H and O–H groups in total. The third-order valence-corrected chi connectivity index (χ3v) is 3.40. The number of ether oxygens (including phenoxy) is 1. The second kappa shape index (κ2) is 7.86. The highest BCUT2D eigenvalue weighted by atomic mass is 32.1. The summed E-state index contributed by atoms with van der Waals surface area (Å²) in [5.41, 5.74) is 1.66. The van der Waals surface area contributed by atoms with E-state index >= 15 is 0 Å². The van der Waals surface area contributed by atoms with E-state index in [4.69, 9.17) is 4.74 Å². The molecule has 1 atom stereocenters. The van der Waals surface area contributed by atoms with Gasteiger partial charge in [0.2, 0.25) is 0 Å². The minimum Gasteiger partial charge on any atom is -0.485 e. The van der Waals surface area contributed by atoms with E-state index in [9.17, 15) is 4.79 Å². The number of aldehydes is 1. The third-order valence-electron chi connectivity index (χ3n) is 3.20. The van der Waals surface area contributed by atoms with E-state index in [0.29, 0.717) is 11.3 Å². The lowest BCUT2D eigenvalue weighted by Crippen LogP contribution is -2.16. The van der Waals surface area contributed by atoms with Crippen LogP contribution in [0.4, 0.5) is 0 Å². The van der Waals surface area contributed by atoms with Crippen molar-refractivity contribution < 1.29 is 9.53 Å². The molecule has 0 saturated carbocycles. The number of hydrogen-bond donors (Lipinski definition) is 1. The van der Waals surface area contributed by atoms with E-state index in [1.165, 1.54) is 0 Å². The van der Waals surface area contributed by atoms with Gasteiger partial charge in [0, 0.05) is 13.0 Å². The van der Waals surface area contributed by atoms with E-state index in [0.717, 1.165) is 24.8 Å². The average molecular weight is 301 g/mol. The Bertz CT molecular complexity index is 572. The Balaban J connectivity index is 2.21. The molecule has 110 valence electrons. The summed E-state index contributed by atoms with van der Waals surface area (Å²) in [6.07, 6.45) is 1.50. The number of hydrogen-bond acceptors (Lipinski definition) is 4. The van der Waals surface area contributed by atoms with Gasteiger partial charge in [-0.3, -0.25) is 9.10 Å². The predicted molar refractivity (Wildman–Crippen MR) is 87.9 cm³/mol. The van der Waals surface area contributed by atoms with Crippen LogP contribution in [0.15, 0.2) is 54.6 Å². The molecule has 0 fully saturated rings. The van der Waals surface area contributed by atoms with E-state index in [1.54, 1.807) is 6.07 Å². The first-order valence-electron chi connectivity index (χ1n) is 6.86. The van der Waals surface area contributed by atoms with Gasteiger partial charge in [-0.1, -0.05) is 55.3 Å². The molecule has 2 aromatic rings. The molecule has 2 aromatic carbocycles. The van der Waals surface area contributed by atoms with Gasteiger partial charge in [0.05, 0.1) is 5.56 Å². The largest absolute Gasteiger partial charge is 0.485 e. The Morgan fingerprint density at radius 3 is 2.48 bits per heavy atom. The smallest absolute Gasteiger partial charge is 0.153 e. The number of carbonyl (C=O) groups is 1. The molecular weight excluding hydrogens is 282 g/mol. The first kappa shape index (κ1) is 15.6. The molecule has 21 heavy (non-hydrogen) atoms. The van der Waals surface area contributed by atoms with Crippen LogP contribution < -0.4 is 4.74 Å². The molecule has 0 saturated heterocycles. The molecule has 0 heterocycles. The standard InChI is InChI=1S/C17H19NO2S/c1-18(21)12-11-17(14-7-3-2-4-8-14)20-16-10-6-5-9-15(16)13-19/h2-10,13,17,21H,11-12H2,1H3/t17-/m1/s1. The molecule has 3 nitrogen and oxygen atoms in total. The second-order valence-corrected chi connectivity index (χ2v) is 5.53. The summed E-state index contributed by atoms with van der Waals surface area (Å²) in [6, 6.07) is 17.3. The number of para-hydroxylation sites is 1. The average Bonchev–Trinajstić information content (AvgIpc) is 2.52. The Labute approximate surface area is 131 Å². The lowest BCUT2D eigenvalue weighted by atomic mass is 10.1. The minimum atomic E-state index is -0.109. The van der Waals surface area contributed by atoms with Gasteiger partial charge in [-0.05, 0) is 24.7 Å².